The summed E-state index contributed by atoms with van der Waals surface area (Å²) in [4.78, 5) is 40.6. The fraction of sp³-hybridized carbons (Fsp3) is 0.130. The number of carboxylic acid groups (broad SMARTS) is 1. The molecule has 3 heterocycles. The Labute approximate surface area is 213 Å². The van der Waals surface area contributed by atoms with E-state index in [1.807, 2.05) is 6.07 Å². The number of aromatic carboxylic acids is 1. The van der Waals surface area contributed by atoms with E-state index in [1.54, 1.807) is 49.8 Å². The molecule has 174 valence electrons. The maximum absolute atomic E-state index is 12.7. The first-order valence-corrected chi connectivity index (χ1v) is 10.2. The molecular weight excluding hydrogens is 445 g/mol. The van der Waals surface area contributed by atoms with Gasteiger partial charge >= 0.3 is 24.8 Å². The van der Waals surface area contributed by atoms with E-state index in [4.69, 9.17) is 5.73 Å². The number of amides is 1. The van der Waals surface area contributed by atoms with Crippen LogP contribution in [-0.2, 0) is 20.1 Å². The van der Waals surface area contributed by atoms with Gasteiger partial charge in [-0.2, -0.15) is 10.2 Å². The molecule has 0 aliphatic carbocycles. The van der Waals surface area contributed by atoms with E-state index >= 15 is 0 Å². The summed E-state index contributed by atoms with van der Waals surface area (Å²) in [6.45, 7) is 0.466. The minimum Gasteiger partial charge on any atom is -1.00 e. The van der Waals surface area contributed by atoms with Gasteiger partial charge in [-0.05, 0) is 35.4 Å². The van der Waals surface area contributed by atoms with Crippen molar-refractivity contribution in [3.63, 3.8) is 0 Å². The van der Waals surface area contributed by atoms with Crippen molar-refractivity contribution in [1.82, 2.24) is 24.5 Å². The predicted octanol–water partition coefficient (Wildman–Crippen LogP) is -1.39. The van der Waals surface area contributed by atoms with Crippen molar-refractivity contribution in [1.29, 1.82) is 0 Å². The number of nitrogens with two attached hydrogens (primary N) is 1. The third-order valence-electron chi connectivity index (χ3n) is 4.99. The summed E-state index contributed by atoms with van der Waals surface area (Å²) in [5.41, 5.74) is 8.31. The third-order valence-corrected chi connectivity index (χ3v) is 4.99. The molecule has 12 heteroatoms. The maximum Gasteiger partial charge on any atom is 1.00 e. The number of hydrogen-bond acceptors (Lipinski definition) is 7. The molecule has 0 radical (unpaired) electrons. The Morgan fingerprint density at radius 1 is 1.11 bits per heavy atom. The molecule has 35 heavy (non-hydrogen) atoms. The maximum atomic E-state index is 12.7. The molecule has 0 aliphatic rings. The number of aromatic nitrogens is 5. The van der Waals surface area contributed by atoms with E-state index in [0.29, 0.717) is 23.4 Å². The second-order valence-electron chi connectivity index (χ2n) is 7.53. The Bertz CT molecular complexity index is 1450. The number of pyridine rings is 1. The van der Waals surface area contributed by atoms with Crippen LogP contribution in [0.2, 0.25) is 0 Å². The van der Waals surface area contributed by atoms with Crippen LogP contribution in [-0.4, -0.2) is 41.5 Å². The number of benzene rings is 1. The zero-order valence-corrected chi connectivity index (χ0v) is 19.2. The molecule has 0 saturated heterocycles. The van der Waals surface area contributed by atoms with Gasteiger partial charge < -0.3 is 17.6 Å². The van der Waals surface area contributed by atoms with Crippen molar-refractivity contribution in [2.75, 3.05) is 5.32 Å². The summed E-state index contributed by atoms with van der Waals surface area (Å²) in [5, 5.41) is 20.1. The summed E-state index contributed by atoms with van der Waals surface area (Å²) >= 11 is 0. The van der Waals surface area contributed by atoms with Crippen LogP contribution >= 0.6 is 0 Å². The summed E-state index contributed by atoms with van der Waals surface area (Å²) < 4.78 is 2.60. The Morgan fingerprint density at radius 2 is 1.91 bits per heavy atom. The van der Waals surface area contributed by atoms with Crippen molar-refractivity contribution >= 4 is 17.6 Å². The van der Waals surface area contributed by atoms with Crippen LogP contribution in [0.4, 0.5) is 5.69 Å². The quantitative estimate of drug-likeness (QED) is 0.280. The number of carbonyl (C=O) groups is 2. The van der Waals surface area contributed by atoms with Gasteiger partial charge in [0.25, 0.3) is 11.5 Å². The molecule has 0 fully saturated rings. The van der Waals surface area contributed by atoms with Gasteiger partial charge in [0.1, 0.15) is 0 Å². The summed E-state index contributed by atoms with van der Waals surface area (Å²) in [5.74, 6) is -1.75. The fourth-order valence-corrected chi connectivity index (χ4v) is 3.37. The second kappa shape index (κ2) is 10.9. The predicted molar refractivity (Wildman–Crippen MR) is 124 cm³/mol. The number of anilines is 1. The Kier molecular flexibility index (Phi) is 7.98. The molecule has 0 bridgehead atoms. The minimum absolute atomic E-state index is 0. The summed E-state index contributed by atoms with van der Waals surface area (Å²) in [6.07, 6.45) is 4.72. The number of nitrogens with one attached hydrogen (secondary N) is 1. The smallest absolute Gasteiger partial charge is 1.00 e. The van der Waals surface area contributed by atoms with E-state index in [9.17, 15) is 19.5 Å². The normalized spacial score (nSPS) is 10.5. The molecule has 1 aromatic carbocycles. The third kappa shape index (κ3) is 5.91. The Hall–Kier alpha value is -4.04. The van der Waals surface area contributed by atoms with Gasteiger partial charge in [-0.1, -0.05) is 12.1 Å². The monoisotopic (exact) mass is 467 g/mol. The van der Waals surface area contributed by atoms with Crippen molar-refractivity contribution in [3.05, 3.63) is 93.8 Å². The van der Waals surface area contributed by atoms with Crippen molar-refractivity contribution in [2.24, 2.45) is 12.8 Å². The van der Waals surface area contributed by atoms with Gasteiger partial charge in [-0.25, -0.2) is 9.48 Å². The van der Waals surface area contributed by atoms with E-state index in [-0.39, 0.29) is 43.8 Å². The van der Waals surface area contributed by atoms with Gasteiger partial charge in [-0.15, -0.1) is 0 Å². The SMILES string of the molecule is Cn1cc(NC(=O)c2cccc(Cn3nc(-c4cncc(CN)c4)ccc3=O)c2)c(C(=O)O)n1.[H-].[Li+]. The van der Waals surface area contributed by atoms with Gasteiger partial charge in [0.15, 0.2) is 5.69 Å². The molecule has 4 N–H and O–H groups in total. The molecule has 1 amide bonds. The number of carbonyl (C=O) groups excluding carboxylic acids is 1. The van der Waals surface area contributed by atoms with Gasteiger partial charge in [0, 0.05) is 49.4 Å². The van der Waals surface area contributed by atoms with Crippen LogP contribution in [0, 0.1) is 0 Å². The number of nitrogens with zero attached hydrogens (tertiary/aromatic N) is 5. The minimum atomic E-state index is -1.25. The van der Waals surface area contributed by atoms with Crippen LogP contribution in [0.25, 0.3) is 11.3 Å². The van der Waals surface area contributed by atoms with E-state index in [2.05, 4.69) is 20.5 Å². The Balaban J connectivity index is 0.00000228. The molecular formula is C23H22LiN7O4. The molecule has 4 rings (SSSR count). The first kappa shape index (κ1) is 25.6. The number of aryl methyl sites for hydroxylation is 1. The van der Waals surface area contributed by atoms with Crippen LogP contribution < -0.4 is 35.5 Å². The van der Waals surface area contributed by atoms with Crippen LogP contribution in [0.1, 0.15) is 33.4 Å². The standard InChI is InChI=1S/C23H21N7O4.Li.H/c1-29-13-19(21(28-29)23(33)34)26-22(32)16-4-2-3-14(7-16)12-30-20(31)6-5-18(27-30)17-8-15(9-24)10-25-11-17;;/h2-8,10-11,13H,9,12,24H2,1H3,(H,26,32)(H,33,34);;/q;+1;-1. The molecule has 0 atom stereocenters. The fourth-order valence-electron chi connectivity index (χ4n) is 3.37. The molecule has 3 aromatic heterocycles. The molecule has 4 aromatic rings. The first-order valence-electron chi connectivity index (χ1n) is 10.2. The summed E-state index contributed by atoms with van der Waals surface area (Å²) in [6, 6.07) is 11.5. The van der Waals surface area contributed by atoms with Crippen LogP contribution in [0.15, 0.2) is 65.8 Å². The molecule has 0 saturated carbocycles. The molecule has 0 aliphatic heterocycles. The van der Waals surface area contributed by atoms with E-state index in [1.165, 1.54) is 21.6 Å². The van der Waals surface area contributed by atoms with Gasteiger partial charge in [0.2, 0.25) is 0 Å². The van der Waals surface area contributed by atoms with E-state index < -0.39 is 11.9 Å². The zero-order chi connectivity index (χ0) is 24.2. The summed E-state index contributed by atoms with van der Waals surface area (Å²) in [7, 11) is 1.56. The molecule has 11 nitrogen and oxygen atoms in total. The second-order valence-corrected chi connectivity index (χ2v) is 7.53. The Morgan fingerprint density at radius 3 is 2.66 bits per heavy atom. The molecule has 0 unspecified atom stereocenters. The average Bonchev–Trinajstić information content (AvgIpc) is 3.21. The van der Waals surface area contributed by atoms with Gasteiger partial charge in [-0.3, -0.25) is 19.3 Å². The zero-order valence-electron chi connectivity index (χ0n) is 20.2. The topological polar surface area (TPSA) is 158 Å². The van der Waals surface area contributed by atoms with Crippen molar-refractivity contribution < 1.29 is 35.0 Å². The molecule has 0 spiro atoms. The van der Waals surface area contributed by atoms with Crippen LogP contribution in [0.3, 0.4) is 0 Å². The number of hydrogen-bond donors (Lipinski definition) is 3. The van der Waals surface area contributed by atoms with E-state index in [0.717, 1.165) is 11.1 Å². The van der Waals surface area contributed by atoms with Crippen LogP contribution in [0.5, 0.6) is 0 Å². The van der Waals surface area contributed by atoms with Crippen molar-refractivity contribution in [2.45, 2.75) is 13.1 Å². The average molecular weight is 467 g/mol. The largest absolute Gasteiger partial charge is 1.00 e. The van der Waals surface area contributed by atoms with Gasteiger partial charge in [0.05, 0.1) is 17.9 Å². The van der Waals surface area contributed by atoms with Crippen molar-refractivity contribution in [3.8, 4) is 11.3 Å². The first-order chi connectivity index (χ1) is 16.3. The number of carboxylic acids is 1. The number of rotatable bonds is 7.